The molecule has 0 aromatic heterocycles. The van der Waals surface area contributed by atoms with E-state index in [1.807, 2.05) is 6.07 Å². The Labute approximate surface area is 110 Å². The summed E-state index contributed by atoms with van der Waals surface area (Å²) in [5.41, 5.74) is 7.52. The molecule has 1 aliphatic heterocycles. The van der Waals surface area contributed by atoms with Gasteiger partial charge in [-0.15, -0.1) is 0 Å². The lowest BCUT2D eigenvalue weighted by molar-refractivity contribution is 0.170. The zero-order valence-corrected chi connectivity index (χ0v) is 11.4. The third-order valence-electron chi connectivity index (χ3n) is 3.94. The van der Waals surface area contributed by atoms with Gasteiger partial charge in [-0.05, 0) is 18.4 Å². The molecule has 1 unspecified atom stereocenters. The molecule has 2 rings (SSSR count). The molecule has 3 heteroatoms. The van der Waals surface area contributed by atoms with E-state index in [0.29, 0.717) is 5.96 Å². The van der Waals surface area contributed by atoms with E-state index in [-0.39, 0.29) is 5.54 Å². The monoisotopic (exact) mass is 245 g/mol. The second-order valence-electron chi connectivity index (χ2n) is 5.07. The van der Waals surface area contributed by atoms with Crippen LogP contribution in [0.15, 0.2) is 35.3 Å². The van der Waals surface area contributed by atoms with Gasteiger partial charge in [0.2, 0.25) is 0 Å². The zero-order chi connectivity index (χ0) is 13.0. The fourth-order valence-electron chi connectivity index (χ4n) is 2.82. The fraction of sp³-hybridized carbons (Fsp3) is 0.533. The topological polar surface area (TPSA) is 41.6 Å². The molecule has 2 N–H and O–H groups in total. The molecular weight excluding hydrogens is 222 g/mol. The Morgan fingerprint density at radius 3 is 2.61 bits per heavy atom. The molecule has 1 atom stereocenters. The molecule has 98 valence electrons. The molecule has 18 heavy (non-hydrogen) atoms. The Balaban J connectivity index is 2.19. The van der Waals surface area contributed by atoms with Gasteiger partial charge in [-0.25, -0.2) is 0 Å². The van der Waals surface area contributed by atoms with Gasteiger partial charge in [-0.3, -0.25) is 4.99 Å². The Morgan fingerprint density at radius 2 is 2.00 bits per heavy atom. The van der Waals surface area contributed by atoms with Crippen LogP contribution in [0.3, 0.4) is 0 Å². The summed E-state index contributed by atoms with van der Waals surface area (Å²) in [6.07, 6.45) is 3.42. The quantitative estimate of drug-likeness (QED) is 0.866. The fourth-order valence-corrected chi connectivity index (χ4v) is 2.82. The van der Waals surface area contributed by atoms with E-state index in [4.69, 9.17) is 5.73 Å². The van der Waals surface area contributed by atoms with E-state index >= 15 is 0 Å². The molecule has 0 fully saturated rings. The molecule has 1 aromatic rings. The predicted octanol–water partition coefficient (Wildman–Crippen LogP) is 2.77. The van der Waals surface area contributed by atoms with Crippen LogP contribution in [0, 0.1) is 0 Å². The van der Waals surface area contributed by atoms with Crippen LogP contribution in [-0.2, 0) is 6.54 Å². The highest BCUT2D eigenvalue weighted by Crippen LogP contribution is 2.31. The summed E-state index contributed by atoms with van der Waals surface area (Å²) < 4.78 is 0. The zero-order valence-electron chi connectivity index (χ0n) is 11.4. The summed E-state index contributed by atoms with van der Waals surface area (Å²) >= 11 is 0. The summed E-state index contributed by atoms with van der Waals surface area (Å²) in [5.74, 6) is 0.703. The van der Waals surface area contributed by atoms with Crippen LogP contribution in [0.2, 0.25) is 0 Å². The summed E-state index contributed by atoms with van der Waals surface area (Å²) in [7, 11) is 0. The van der Waals surface area contributed by atoms with E-state index in [1.165, 1.54) is 12.0 Å². The van der Waals surface area contributed by atoms with Crippen molar-refractivity contribution in [2.45, 2.75) is 45.2 Å². The van der Waals surface area contributed by atoms with Crippen LogP contribution in [0.1, 0.15) is 38.7 Å². The van der Waals surface area contributed by atoms with Gasteiger partial charge >= 0.3 is 0 Å². The first-order valence-electron chi connectivity index (χ1n) is 6.83. The van der Waals surface area contributed by atoms with Crippen molar-refractivity contribution in [2.75, 3.05) is 6.54 Å². The number of rotatable bonds is 5. The Morgan fingerprint density at radius 1 is 1.28 bits per heavy atom. The number of aliphatic imine (C=N–C) groups is 1. The van der Waals surface area contributed by atoms with Crippen molar-refractivity contribution in [1.29, 1.82) is 0 Å². The molecule has 0 radical (unpaired) electrons. The highest BCUT2D eigenvalue weighted by atomic mass is 15.4. The molecule has 1 aromatic carbocycles. The minimum Gasteiger partial charge on any atom is -0.370 e. The van der Waals surface area contributed by atoms with Crippen LogP contribution in [-0.4, -0.2) is 22.9 Å². The van der Waals surface area contributed by atoms with Crippen molar-refractivity contribution in [2.24, 2.45) is 10.7 Å². The summed E-state index contributed by atoms with van der Waals surface area (Å²) in [6.45, 7) is 6.18. The summed E-state index contributed by atoms with van der Waals surface area (Å²) in [6, 6.07) is 10.5. The van der Waals surface area contributed by atoms with Gasteiger partial charge in [0.25, 0.3) is 0 Å². The average molecular weight is 245 g/mol. The SMILES string of the molecule is CCCC1(CC)CN=C(N)N1Cc1ccccc1. The molecule has 0 aliphatic carbocycles. The average Bonchev–Trinajstić information content (AvgIpc) is 2.70. The van der Waals surface area contributed by atoms with Crippen molar-refractivity contribution in [3.8, 4) is 0 Å². The predicted molar refractivity (Wildman–Crippen MR) is 76.4 cm³/mol. The van der Waals surface area contributed by atoms with Crippen molar-refractivity contribution in [3.63, 3.8) is 0 Å². The maximum Gasteiger partial charge on any atom is 0.192 e. The van der Waals surface area contributed by atoms with Gasteiger partial charge in [-0.2, -0.15) is 0 Å². The van der Waals surface area contributed by atoms with E-state index in [2.05, 4.69) is 48.0 Å². The van der Waals surface area contributed by atoms with Crippen LogP contribution in [0.5, 0.6) is 0 Å². The molecule has 3 nitrogen and oxygen atoms in total. The van der Waals surface area contributed by atoms with Gasteiger partial charge in [-0.1, -0.05) is 50.6 Å². The minimum atomic E-state index is 0.134. The molecule has 0 amide bonds. The Hall–Kier alpha value is -1.51. The molecule has 0 spiro atoms. The summed E-state index contributed by atoms with van der Waals surface area (Å²) in [4.78, 5) is 6.77. The van der Waals surface area contributed by atoms with Crippen molar-refractivity contribution in [1.82, 2.24) is 4.90 Å². The van der Waals surface area contributed by atoms with Crippen molar-refractivity contribution in [3.05, 3.63) is 35.9 Å². The third-order valence-corrected chi connectivity index (χ3v) is 3.94. The minimum absolute atomic E-state index is 0.134. The highest BCUT2D eigenvalue weighted by molar-refractivity contribution is 5.81. The number of benzene rings is 1. The van der Waals surface area contributed by atoms with Crippen LogP contribution in [0.4, 0.5) is 0 Å². The number of guanidine groups is 1. The second kappa shape index (κ2) is 5.42. The smallest absolute Gasteiger partial charge is 0.192 e. The first-order chi connectivity index (χ1) is 8.72. The molecular formula is C15H23N3. The van der Waals surface area contributed by atoms with Gasteiger partial charge in [0.1, 0.15) is 0 Å². The molecule has 0 saturated carbocycles. The van der Waals surface area contributed by atoms with Crippen LogP contribution < -0.4 is 5.73 Å². The van der Waals surface area contributed by atoms with Crippen LogP contribution >= 0.6 is 0 Å². The van der Waals surface area contributed by atoms with E-state index in [9.17, 15) is 0 Å². The number of nitrogens with zero attached hydrogens (tertiary/aromatic N) is 2. The molecule has 1 heterocycles. The Kier molecular flexibility index (Phi) is 3.90. The van der Waals surface area contributed by atoms with E-state index in [1.54, 1.807) is 0 Å². The van der Waals surface area contributed by atoms with Gasteiger partial charge in [0, 0.05) is 6.54 Å². The summed E-state index contributed by atoms with van der Waals surface area (Å²) in [5, 5.41) is 0. The number of hydrogen-bond acceptors (Lipinski definition) is 3. The third kappa shape index (κ3) is 2.35. The normalized spacial score (nSPS) is 23.2. The highest BCUT2D eigenvalue weighted by Gasteiger charge is 2.39. The lowest BCUT2D eigenvalue weighted by Gasteiger charge is -2.38. The van der Waals surface area contributed by atoms with Crippen molar-refractivity contribution >= 4 is 5.96 Å². The first-order valence-corrected chi connectivity index (χ1v) is 6.83. The maximum absolute atomic E-state index is 6.08. The van der Waals surface area contributed by atoms with Gasteiger partial charge in [0.15, 0.2) is 5.96 Å². The van der Waals surface area contributed by atoms with Gasteiger partial charge < -0.3 is 10.6 Å². The van der Waals surface area contributed by atoms with Crippen molar-refractivity contribution < 1.29 is 0 Å². The maximum atomic E-state index is 6.08. The molecule has 1 aliphatic rings. The second-order valence-corrected chi connectivity index (χ2v) is 5.07. The lowest BCUT2D eigenvalue weighted by Crippen LogP contribution is -2.50. The molecule has 0 saturated heterocycles. The molecule has 0 bridgehead atoms. The van der Waals surface area contributed by atoms with E-state index in [0.717, 1.165) is 25.9 Å². The van der Waals surface area contributed by atoms with Crippen LogP contribution in [0.25, 0.3) is 0 Å². The lowest BCUT2D eigenvalue weighted by atomic mass is 9.89. The largest absolute Gasteiger partial charge is 0.370 e. The van der Waals surface area contributed by atoms with Gasteiger partial charge in [0.05, 0.1) is 12.1 Å². The Bertz CT molecular complexity index is 413. The number of hydrogen-bond donors (Lipinski definition) is 1. The first kappa shape index (κ1) is 12.9. The number of nitrogens with two attached hydrogens (primary N) is 1. The van der Waals surface area contributed by atoms with E-state index < -0.39 is 0 Å². The standard InChI is InChI=1S/C15H23N3/c1-3-10-15(4-2)12-17-14(16)18(15)11-13-8-6-5-7-9-13/h5-9H,3-4,10-12H2,1-2H3,(H2,16,17).